The maximum Gasteiger partial charge on any atom is 0.273 e. The molecule has 0 amide bonds. The molecular weight excluding hydrogens is 346 g/mol. The van der Waals surface area contributed by atoms with E-state index >= 15 is 0 Å². The van der Waals surface area contributed by atoms with E-state index in [4.69, 9.17) is 9.47 Å². The van der Waals surface area contributed by atoms with Crippen LogP contribution in [0.5, 0.6) is 11.5 Å². The molecule has 2 N–H and O–H groups in total. The molecule has 8 heteroatoms. The first-order valence-corrected chi connectivity index (χ1v) is 8.20. The second-order valence-corrected chi connectivity index (χ2v) is 5.77. The van der Waals surface area contributed by atoms with Gasteiger partial charge in [-0.25, -0.2) is 9.97 Å². The summed E-state index contributed by atoms with van der Waals surface area (Å²) in [6, 6.07) is 12.7. The summed E-state index contributed by atoms with van der Waals surface area (Å²) in [5, 5.41) is 6.44. The number of benzene rings is 1. The zero-order valence-electron chi connectivity index (χ0n) is 14.8. The molecule has 0 aliphatic carbocycles. The number of fused-ring (bicyclic) bond motifs is 1. The molecule has 3 heterocycles. The first kappa shape index (κ1) is 16.6. The number of aromatic amines is 1. The Morgan fingerprint density at radius 3 is 2.59 bits per heavy atom. The summed E-state index contributed by atoms with van der Waals surface area (Å²) < 4.78 is 12.2. The molecule has 0 radical (unpaired) electrons. The molecule has 0 atom stereocenters. The molecule has 0 bridgehead atoms. The van der Waals surface area contributed by atoms with Crippen LogP contribution in [0, 0.1) is 0 Å². The number of ether oxygens (including phenoxy) is 2. The van der Waals surface area contributed by atoms with Crippen molar-refractivity contribution in [1.82, 2.24) is 19.7 Å². The lowest BCUT2D eigenvalue weighted by Crippen LogP contribution is -2.03. The second kappa shape index (κ2) is 6.83. The van der Waals surface area contributed by atoms with Crippen LogP contribution in [0.15, 0.2) is 59.7 Å². The van der Waals surface area contributed by atoms with Gasteiger partial charge in [0.15, 0.2) is 0 Å². The molecule has 0 saturated carbocycles. The molecular formula is C19H17N5O3. The van der Waals surface area contributed by atoms with E-state index in [0.717, 1.165) is 5.69 Å². The van der Waals surface area contributed by atoms with E-state index in [-0.39, 0.29) is 5.56 Å². The van der Waals surface area contributed by atoms with Gasteiger partial charge < -0.3 is 14.8 Å². The Kier molecular flexibility index (Phi) is 4.21. The van der Waals surface area contributed by atoms with Crippen molar-refractivity contribution in [2.45, 2.75) is 0 Å². The quantitative estimate of drug-likeness (QED) is 0.566. The number of anilines is 2. The van der Waals surface area contributed by atoms with E-state index < -0.39 is 0 Å². The van der Waals surface area contributed by atoms with Crippen molar-refractivity contribution in [2.75, 3.05) is 19.5 Å². The number of methoxy groups -OCH3 is 2. The van der Waals surface area contributed by atoms with E-state index in [9.17, 15) is 4.79 Å². The Morgan fingerprint density at radius 2 is 1.78 bits per heavy atom. The van der Waals surface area contributed by atoms with Crippen molar-refractivity contribution < 1.29 is 9.47 Å². The van der Waals surface area contributed by atoms with Crippen LogP contribution >= 0.6 is 0 Å². The Balaban J connectivity index is 1.78. The normalized spacial score (nSPS) is 10.7. The zero-order valence-corrected chi connectivity index (χ0v) is 14.8. The highest BCUT2D eigenvalue weighted by molar-refractivity contribution is 5.82. The molecule has 136 valence electrons. The summed E-state index contributed by atoms with van der Waals surface area (Å²) in [4.78, 5) is 20.8. The number of pyridine rings is 2. The Morgan fingerprint density at radius 1 is 1.00 bits per heavy atom. The molecule has 27 heavy (non-hydrogen) atoms. The minimum absolute atomic E-state index is 0.216. The highest BCUT2D eigenvalue weighted by Crippen LogP contribution is 2.23. The van der Waals surface area contributed by atoms with Crippen LogP contribution in [0.1, 0.15) is 0 Å². The molecule has 1 aromatic carbocycles. The fraction of sp³-hybridized carbons (Fsp3) is 0.105. The Hall–Kier alpha value is -3.81. The highest BCUT2D eigenvalue weighted by atomic mass is 16.5. The third-order valence-corrected chi connectivity index (χ3v) is 4.12. The first-order valence-electron chi connectivity index (χ1n) is 8.20. The van der Waals surface area contributed by atoms with E-state index in [0.29, 0.717) is 34.0 Å². The van der Waals surface area contributed by atoms with Crippen molar-refractivity contribution in [3.8, 4) is 17.2 Å². The van der Waals surface area contributed by atoms with E-state index in [1.54, 1.807) is 43.3 Å². The number of H-pyrrole nitrogens is 1. The molecule has 8 nitrogen and oxygen atoms in total. The van der Waals surface area contributed by atoms with Crippen molar-refractivity contribution >= 4 is 22.5 Å². The standard InChI is InChI=1S/C19H17N5O3/c1-26-13-5-3-4-12(8-13)24-16-10-18(21-11-15(16)19(25)23-24)22-17-9-14(27-2)6-7-20-17/h3-11H,1-2H3,(H,23,25)(H,20,21,22). The van der Waals surface area contributed by atoms with Gasteiger partial charge in [0.1, 0.15) is 23.1 Å². The van der Waals surface area contributed by atoms with Gasteiger partial charge in [-0.3, -0.25) is 14.6 Å². The largest absolute Gasteiger partial charge is 0.497 e. The van der Waals surface area contributed by atoms with Crippen LogP contribution in [0.25, 0.3) is 16.6 Å². The van der Waals surface area contributed by atoms with Gasteiger partial charge in [-0.05, 0) is 18.2 Å². The Bertz CT molecular complexity index is 1170. The summed E-state index contributed by atoms with van der Waals surface area (Å²) in [5.74, 6) is 2.53. The monoisotopic (exact) mass is 363 g/mol. The SMILES string of the molecule is COc1cccc(-n2[nH]c(=O)c3cnc(Nc4cc(OC)ccn4)cc32)c1. The third kappa shape index (κ3) is 3.20. The van der Waals surface area contributed by atoms with Crippen LogP contribution in [0.4, 0.5) is 11.6 Å². The van der Waals surface area contributed by atoms with Crippen molar-refractivity contribution in [2.24, 2.45) is 0 Å². The average Bonchev–Trinajstić information content (AvgIpc) is 3.04. The molecule has 0 aliphatic rings. The number of nitrogens with zero attached hydrogens (tertiary/aromatic N) is 3. The maximum absolute atomic E-state index is 12.3. The predicted molar refractivity (Wildman–Crippen MR) is 102 cm³/mol. The molecule has 3 aromatic heterocycles. The number of nitrogens with one attached hydrogen (secondary N) is 2. The smallest absolute Gasteiger partial charge is 0.273 e. The van der Waals surface area contributed by atoms with Gasteiger partial charge >= 0.3 is 0 Å². The topological polar surface area (TPSA) is 94.1 Å². The van der Waals surface area contributed by atoms with Gasteiger partial charge in [-0.1, -0.05) is 6.07 Å². The third-order valence-electron chi connectivity index (χ3n) is 4.12. The summed E-state index contributed by atoms with van der Waals surface area (Å²) in [5.41, 5.74) is 1.25. The number of hydrogen-bond donors (Lipinski definition) is 2. The second-order valence-electron chi connectivity index (χ2n) is 5.77. The average molecular weight is 363 g/mol. The van der Waals surface area contributed by atoms with E-state index in [1.165, 1.54) is 6.20 Å². The van der Waals surface area contributed by atoms with Crippen molar-refractivity contribution in [3.05, 3.63) is 65.2 Å². The summed E-state index contributed by atoms with van der Waals surface area (Å²) >= 11 is 0. The maximum atomic E-state index is 12.3. The van der Waals surface area contributed by atoms with Crippen LogP contribution < -0.4 is 20.3 Å². The number of aromatic nitrogens is 4. The van der Waals surface area contributed by atoms with Gasteiger partial charge in [0.05, 0.1) is 30.8 Å². The number of hydrogen-bond acceptors (Lipinski definition) is 6. The van der Waals surface area contributed by atoms with Gasteiger partial charge in [0, 0.05) is 30.6 Å². The minimum Gasteiger partial charge on any atom is -0.497 e. The summed E-state index contributed by atoms with van der Waals surface area (Å²) in [6.45, 7) is 0. The lowest BCUT2D eigenvalue weighted by atomic mass is 10.2. The van der Waals surface area contributed by atoms with E-state index in [1.807, 2.05) is 24.3 Å². The summed E-state index contributed by atoms with van der Waals surface area (Å²) in [6.07, 6.45) is 3.18. The fourth-order valence-electron chi connectivity index (χ4n) is 2.79. The van der Waals surface area contributed by atoms with Gasteiger partial charge in [-0.2, -0.15) is 0 Å². The molecule has 4 aromatic rings. The first-order chi connectivity index (χ1) is 13.2. The molecule has 0 aliphatic heterocycles. The molecule has 0 fully saturated rings. The lowest BCUT2D eigenvalue weighted by molar-refractivity contribution is 0.414. The molecule has 0 spiro atoms. The van der Waals surface area contributed by atoms with Crippen LogP contribution in [-0.4, -0.2) is 34.0 Å². The van der Waals surface area contributed by atoms with Gasteiger partial charge in [0.25, 0.3) is 5.56 Å². The summed E-state index contributed by atoms with van der Waals surface area (Å²) in [7, 11) is 3.19. The van der Waals surface area contributed by atoms with Crippen LogP contribution in [0.2, 0.25) is 0 Å². The van der Waals surface area contributed by atoms with Crippen molar-refractivity contribution in [3.63, 3.8) is 0 Å². The molecule has 0 saturated heterocycles. The Labute approximate surface area is 154 Å². The van der Waals surface area contributed by atoms with Crippen molar-refractivity contribution in [1.29, 1.82) is 0 Å². The van der Waals surface area contributed by atoms with Crippen LogP contribution in [-0.2, 0) is 0 Å². The minimum atomic E-state index is -0.216. The molecule has 4 rings (SSSR count). The van der Waals surface area contributed by atoms with Gasteiger partial charge in [0.2, 0.25) is 0 Å². The highest BCUT2D eigenvalue weighted by Gasteiger charge is 2.11. The molecule has 0 unspecified atom stereocenters. The van der Waals surface area contributed by atoms with E-state index in [2.05, 4.69) is 20.4 Å². The zero-order chi connectivity index (χ0) is 18.8. The van der Waals surface area contributed by atoms with Gasteiger partial charge in [-0.15, -0.1) is 0 Å². The fourth-order valence-corrected chi connectivity index (χ4v) is 2.79. The number of rotatable bonds is 5. The predicted octanol–water partition coefficient (Wildman–Crippen LogP) is 2.87. The lowest BCUT2D eigenvalue weighted by Gasteiger charge is -2.09. The van der Waals surface area contributed by atoms with Crippen LogP contribution in [0.3, 0.4) is 0 Å².